The van der Waals surface area contributed by atoms with Gasteiger partial charge in [-0.15, -0.1) is 0 Å². The fraction of sp³-hybridized carbons (Fsp3) is 0. The summed E-state index contributed by atoms with van der Waals surface area (Å²) in [4.78, 5) is 10.0. The van der Waals surface area contributed by atoms with E-state index in [1.54, 1.807) is 0 Å². The Balaban J connectivity index is 0.989. The standard InChI is InChI=1S/C56H36N2O/c1-4-15-38(16-5-1)45-23-10-11-24-46(45)44-31-32-54-50(34-44)51-35-49(47-25-12-13-26-48(47)55(51)59-54)43-22-14-21-42(33-43)37-27-29-40(30-28-37)53-36-52(39-17-6-2-7-18-39)57-56(58-53)41-19-8-3-9-20-41/h1-36H. The van der Waals surface area contributed by atoms with Crippen LogP contribution in [0.4, 0.5) is 0 Å². The highest BCUT2D eigenvalue weighted by Crippen LogP contribution is 2.42. The molecule has 0 atom stereocenters. The van der Waals surface area contributed by atoms with Gasteiger partial charge < -0.3 is 4.42 Å². The van der Waals surface area contributed by atoms with Gasteiger partial charge >= 0.3 is 0 Å². The average Bonchev–Trinajstić information content (AvgIpc) is 3.70. The summed E-state index contributed by atoms with van der Waals surface area (Å²) in [5.74, 6) is 0.710. The lowest BCUT2D eigenvalue weighted by molar-refractivity contribution is 0.673. The van der Waals surface area contributed by atoms with Crippen molar-refractivity contribution in [2.45, 2.75) is 0 Å². The summed E-state index contributed by atoms with van der Waals surface area (Å²) in [7, 11) is 0. The lowest BCUT2D eigenvalue weighted by Gasteiger charge is -2.12. The van der Waals surface area contributed by atoms with Crippen molar-refractivity contribution in [3.63, 3.8) is 0 Å². The van der Waals surface area contributed by atoms with Crippen LogP contribution in [-0.4, -0.2) is 9.97 Å². The van der Waals surface area contributed by atoms with E-state index < -0.39 is 0 Å². The fourth-order valence-electron chi connectivity index (χ4n) is 8.38. The summed E-state index contributed by atoms with van der Waals surface area (Å²) in [5.41, 5.74) is 16.0. The summed E-state index contributed by atoms with van der Waals surface area (Å²) < 4.78 is 6.66. The Kier molecular flexibility index (Phi) is 8.49. The van der Waals surface area contributed by atoms with Crippen molar-refractivity contribution >= 4 is 32.7 Å². The highest BCUT2D eigenvalue weighted by Gasteiger charge is 2.17. The van der Waals surface area contributed by atoms with Crippen LogP contribution in [0, 0.1) is 0 Å². The monoisotopic (exact) mass is 752 g/mol. The SMILES string of the molecule is c1ccc(-c2cc(-c3ccc(-c4cccc(-c5cc6c7cc(-c8ccccc8-c8ccccc8)ccc7oc6c6ccccc56)c4)cc3)nc(-c3ccccc3)n2)cc1. The highest BCUT2D eigenvalue weighted by molar-refractivity contribution is 6.19. The van der Waals surface area contributed by atoms with Gasteiger partial charge in [-0.25, -0.2) is 9.97 Å². The summed E-state index contributed by atoms with van der Waals surface area (Å²) in [5, 5.41) is 4.48. The van der Waals surface area contributed by atoms with E-state index in [1.807, 2.05) is 36.4 Å². The van der Waals surface area contributed by atoms with Crippen LogP contribution < -0.4 is 0 Å². The first-order valence-electron chi connectivity index (χ1n) is 20.0. The first kappa shape index (κ1) is 34.4. The molecule has 0 unspecified atom stereocenters. The second-order valence-corrected chi connectivity index (χ2v) is 14.9. The van der Waals surface area contributed by atoms with Crippen LogP contribution in [0.5, 0.6) is 0 Å². The lowest BCUT2D eigenvalue weighted by Crippen LogP contribution is -1.95. The molecular formula is C56H36N2O. The maximum atomic E-state index is 6.66. The molecule has 59 heavy (non-hydrogen) atoms. The van der Waals surface area contributed by atoms with Crippen molar-refractivity contribution in [2.75, 3.05) is 0 Å². The fourth-order valence-corrected chi connectivity index (χ4v) is 8.38. The molecule has 0 bridgehead atoms. The van der Waals surface area contributed by atoms with E-state index in [0.717, 1.165) is 83.0 Å². The summed E-state index contributed by atoms with van der Waals surface area (Å²) in [6, 6.07) is 76.9. The van der Waals surface area contributed by atoms with Crippen molar-refractivity contribution in [3.05, 3.63) is 218 Å². The highest BCUT2D eigenvalue weighted by atomic mass is 16.3. The van der Waals surface area contributed by atoms with Gasteiger partial charge in [0.2, 0.25) is 0 Å². The zero-order valence-electron chi connectivity index (χ0n) is 32.1. The molecule has 0 saturated heterocycles. The lowest BCUT2D eigenvalue weighted by atomic mass is 9.92. The van der Waals surface area contributed by atoms with E-state index >= 15 is 0 Å². The molecule has 0 N–H and O–H groups in total. The first-order valence-corrected chi connectivity index (χ1v) is 20.0. The van der Waals surface area contributed by atoms with Crippen LogP contribution in [-0.2, 0) is 0 Å². The van der Waals surface area contributed by atoms with Crippen LogP contribution in [0.25, 0.3) is 111 Å². The molecule has 0 saturated carbocycles. The Morgan fingerprint density at radius 1 is 0.271 bits per heavy atom. The third kappa shape index (κ3) is 6.36. The zero-order valence-corrected chi connectivity index (χ0v) is 32.1. The van der Waals surface area contributed by atoms with Gasteiger partial charge in [-0.3, -0.25) is 0 Å². The Morgan fingerprint density at radius 2 is 0.780 bits per heavy atom. The number of benzene rings is 9. The maximum Gasteiger partial charge on any atom is 0.160 e. The molecule has 0 spiro atoms. The minimum absolute atomic E-state index is 0.710. The molecule has 0 radical (unpaired) electrons. The molecule has 0 aliphatic heterocycles. The van der Waals surface area contributed by atoms with Crippen LogP contribution in [0.1, 0.15) is 0 Å². The normalized spacial score (nSPS) is 11.4. The van der Waals surface area contributed by atoms with Crippen molar-refractivity contribution in [3.8, 4) is 78.4 Å². The van der Waals surface area contributed by atoms with Crippen LogP contribution in [0.3, 0.4) is 0 Å². The van der Waals surface area contributed by atoms with E-state index in [4.69, 9.17) is 14.4 Å². The molecular weight excluding hydrogens is 717 g/mol. The van der Waals surface area contributed by atoms with Crippen LogP contribution in [0.2, 0.25) is 0 Å². The van der Waals surface area contributed by atoms with Gasteiger partial charge in [0.05, 0.1) is 11.4 Å². The third-order valence-corrected chi connectivity index (χ3v) is 11.3. The molecule has 2 aromatic heterocycles. The largest absolute Gasteiger partial charge is 0.455 e. The Morgan fingerprint density at radius 3 is 1.49 bits per heavy atom. The quantitative estimate of drug-likeness (QED) is 0.163. The number of rotatable bonds is 7. The van der Waals surface area contributed by atoms with Gasteiger partial charge in [-0.05, 0) is 80.2 Å². The van der Waals surface area contributed by atoms with Gasteiger partial charge in [0.25, 0.3) is 0 Å². The number of aromatic nitrogens is 2. The first-order chi connectivity index (χ1) is 29.2. The van der Waals surface area contributed by atoms with E-state index in [9.17, 15) is 0 Å². The minimum atomic E-state index is 0.710. The molecule has 0 aliphatic carbocycles. The Bertz CT molecular complexity index is 3240. The van der Waals surface area contributed by atoms with Gasteiger partial charge in [-0.2, -0.15) is 0 Å². The topological polar surface area (TPSA) is 38.9 Å². The molecule has 3 heteroatoms. The zero-order chi connectivity index (χ0) is 39.1. The number of fused-ring (bicyclic) bond motifs is 5. The third-order valence-electron chi connectivity index (χ3n) is 11.3. The number of hydrogen-bond acceptors (Lipinski definition) is 3. The van der Waals surface area contributed by atoms with E-state index in [2.05, 4.69) is 182 Å². The second kappa shape index (κ2) is 14.6. The Hall–Kier alpha value is -7.88. The predicted molar refractivity (Wildman–Crippen MR) is 245 cm³/mol. The van der Waals surface area contributed by atoms with E-state index in [0.29, 0.717) is 5.82 Å². The molecule has 0 aliphatic rings. The van der Waals surface area contributed by atoms with Crippen molar-refractivity contribution in [1.82, 2.24) is 9.97 Å². The molecule has 2 heterocycles. The molecule has 0 amide bonds. The average molecular weight is 753 g/mol. The van der Waals surface area contributed by atoms with Crippen molar-refractivity contribution in [2.24, 2.45) is 0 Å². The van der Waals surface area contributed by atoms with Crippen molar-refractivity contribution < 1.29 is 4.42 Å². The maximum absolute atomic E-state index is 6.66. The number of furan rings is 1. The molecule has 276 valence electrons. The van der Waals surface area contributed by atoms with Crippen molar-refractivity contribution in [1.29, 1.82) is 0 Å². The molecule has 11 rings (SSSR count). The molecule has 0 fully saturated rings. The molecule has 11 aromatic rings. The molecule has 9 aromatic carbocycles. The van der Waals surface area contributed by atoms with Gasteiger partial charge in [0, 0.05) is 32.8 Å². The van der Waals surface area contributed by atoms with E-state index in [-0.39, 0.29) is 0 Å². The second-order valence-electron chi connectivity index (χ2n) is 14.9. The number of hydrogen-bond donors (Lipinski definition) is 0. The number of nitrogens with zero attached hydrogens (tertiary/aromatic N) is 2. The molecule has 3 nitrogen and oxygen atoms in total. The summed E-state index contributed by atoms with van der Waals surface area (Å²) in [6.45, 7) is 0. The summed E-state index contributed by atoms with van der Waals surface area (Å²) in [6.07, 6.45) is 0. The summed E-state index contributed by atoms with van der Waals surface area (Å²) >= 11 is 0. The van der Waals surface area contributed by atoms with Gasteiger partial charge in [0.1, 0.15) is 11.2 Å². The van der Waals surface area contributed by atoms with Gasteiger partial charge in [0.15, 0.2) is 5.82 Å². The smallest absolute Gasteiger partial charge is 0.160 e. The Labute approximate surface area is 342 Å². The van der Waals surface area contributed by atoms with E-state index in [1.165, 1.54) is 22.3 Å². The van der Waals surface area contributed by atoms with Crippen LogP contribution >= 0.6 is 0 Å². The van der Waals surface area contributed by atoms with Crippen LogP contribution in [0.15, 0.2) is 223 Å². The minimum Gasteiger partial charge on any atom is -0.455 e. The predicted octanol–water partition coefficient (Wildman–Crippen LogP) is 15.2. The van der Waals surface area contributed by atoms with Gasteiger partial charge in [-0.1, -0.05) is 188 Å².